The van der Waals surface area contributed by atoms with Crippen LogP contribution >= 0.6 is 0 Å². The molecule has 1 saturated heterocycles. The summed E-state index contributed by atoms with van der Waals surface area (Å²) in [6.07, 6.45) is 6.83. The molecule has 2 heterocycles. The summed E-state index contributed by atoms with van der Waals surface area (Å²) >= 11 is 0. The van der Waals surface area contributed by atoms with Gasteiger partial charge in [0.2, 0.25) is 0 Å². The Morgan fingerprint density at radius 3 is 2.54 bits per heavy atom. The lowest BCUT2D eigenvalue weighted by molar-refractivity contribution is 0.0371. The number of aryl methyl sites for hydroxylation is 1. The van der Waals surface area contributed by atoms with Gasteiger partial charge in [0.1, 0.15) is 0 Å². The molecule has 0 bridgehead atoms. The lowest BCUT2D eigenvalue weighted by atomic mass is 9.97. The van der Waals surface area contributed by atoms with E-state index in [-0.39, 0.29) is 11.8 Å². The molecule has 0 aliphatic carbocycles. The van der Waals surface area contributed by atoms with Crippen molar-refractivity contribution in [1.82, 2.24) is 10.2 Å². The van der Waals surface area contributed by atoms with Gasteiger partial charge in [-0.1, -0.05) is 31.4 Å². The summed E-state index contributed by atoms with van der Waals surface area (Å²) in [4.78, 5) is 26.0. The first-order valence-corrected chi connectivity index (χ1v) is 9.03. The van der Waals surface area contributed by atoms with Crippen LogP contribution in [0.15, 0.2) is 18.2 Å². The number of imide groups is 1. The van der Waals surface area contributed by atoms with Crippen molar-refractivity contribution in [2.75, 3.05) is 32.8 Å². The van der Waals surface area contributed by atoms with Crippen molar-refractivity contribution in [2.24, 2.45) is 0 Å². The maximum atomic E-state index is 11.9. The maximum absolute atomic E-state index is 11.9. The standard InChI is InChI=1S/C19H26N2O3/c22-18-16-9-6-8-15(17(16)19(23)20-18)7-4-2-1-3-5-10-21-11-13-24-14-12-21/h6,8-9H,1-5,7,10-14H2,(H,20,22,23). The highest BCUT2D eigenvalue weighted by Gasteiger charge is 2.28. The van der Waals surface area contributed by atoms with Crippen LogP contribution in [-0.2, 0) is 11.2 Å². The summed E-state index contributed by atoms with van der Waals surface area (Å²) in [5, 5.41) is 2.38. The first-order valence-electron chi connectivity index (χ1n) is 9.03. The second-order valence-corrected chi connectivity index (χ2v) is 6.59. The average Bonchev–Trinajstić information content (AvgIpc) is 2.90. The molecule has 2 amide bonds. The lowest BCUT2D eigenvalue weighted by Crippen LogP contribution is -2.36. The van der Waals surface area contributed by atoms with Crippen molar-refractivity contribution in [2.45, 2.75) is 38.5 Å². The Balaban J connectivity index is 1.34. The van der Waals surface area contributed by atoms with E-state index in [4.69, 9.17) is 4.74 Å². The van der Waals surface area contributed by atoms with Crippen LogP contribution < -0.4 is 5.32 Å². The summed E-state index contributed by atoms with van der Waals surface area (Å²) in [5.74, 6) is -0.504. The molecule has 3 rings (SSSR count). The molecule has 24 heavy (non-hydrogen) atoms. The number of nitrogens with zero attached hydrogens (tertiary/aromatic N) is 1. The molecule has 0 spiro atoms. The molecule has 5 heteroatoms. The van der Waals surface area contributed by atoms with Gasteiger partial charge in [0.05, 0.1) is 24.3 Å². The molecular formula is C19H26N2O3. The monoisotopic (exact) mass is 330 g/mol. The Labute approximate surface area is 143 Å². The van der Waals surface area contributed by atoms with E-state index >= 15 is 0 Å². The molecule has 1 aromatic rings. The topological polar surface area (TPSA) is 58.6 Å². The Hall–Kier alpha value is -1.72. The molecule has 0 aromatic heterocycles. The van der Waals surface area contributed by atoms with E-state index in [0.29, 0.717) is 11.1 Å². The van der Waals surface area contributed by atoms with Gasteiger partial charge in [0.25, 0.3) is 11.8 Å². The van der Waals surface area contributed by atoms with Crippen molar-refractivity contribution >= 4 is 11.8 Å². The highest BCUT2D eigenvalue weighted by molar-refractivity contribution is 6.22. The number of fused-ring (bicyclic) bond motifs is 1. The SMILES string of the molecule is O=C1NC(=O)c2c(CCCCCCCN3CCOCC3)cccc21. The summed E-state index contributed by atoms with van der Waals surface area (Å²) in [6.45, 7) is 5.06. The number of unbranched alkanes of at least 4 members (excludes halogenated alkanes) is 4. The smallest absolute Gasteiger partial charge is 0.259 e. The van der Waals surface area contributed by atoms with Crippen molar-refractivity contribution in [3.05, 3.63) is 34.9 Å². The molecule has 5 nitrogen and oxygen atoms in total. The summed E-state index contributed by atoms with van der Waals surface area (Å²) in [6, 6.07) is 5.56. The van der Waals surface area contributed by atoms with Gasteiger partial charge in [0, 0.05) is 13.1 Å². The van der Waals surface area contributed by atoms with Gasteiger partial charge in [-0.05, 0) is 37.4 Å². The van der Waals surface area contributed by atoms with Crippen LogP contribution in [-0.4, -0.2) is 49.6 Å². The third-order valence-electron chi connectivity index (χ3n) is 4.87. The molecule has 1 aromatic carbocycles. The minimum atomic E-state index is -0.264. The summed E-state index contributed by atoms with van der Waals surface area (Å²) in [7, 11) is 0. The molecule has 0 unspecified atom stereocenters. The normalized spacial score (nSPS) is 17.8. The van der Waals surface area contributed by atoms with Crippen LogP contribution in [0.5, 0.6) is 0 Å². The van der Waals surface area contributed by atoms with Gasteiger partial charge in [-0.15, -0.1) is 0 Å². The number of nitrogens with one attached hydrogen (secondary N) is 1. The van der Waals surface area contributed by atoms with E-state index in [1.807, 2.05) is 12.1 Å². The van der Waals surface area contributed by atoms with Gasteiger partial charge in [-0.3, -0.25) is 19.8 Å². The predicted molar refractivity (Wildman–Crippen MR) is 92.3 cm³/mol. The second kappa shape index (κ2) is 8.40. The van der Waals surface area contributed by atoms with Gasteiger partial charge < -0.3 is 4.74 Å². The molecule has 1 fully saturated rings. The molecule has 2 aliphatic heterocycles. The van der Waals surface area contributed by atoms with Crippen LogP contribution in [0.1, 0.15) is 58.4 Å². The number of carbonyl (C=O) groups is 2. The fraction of sp³-hybridized carbons (Fsp3) is 0.579. The van der Waals surface area contributed by atoms with Crippen molar-refractivity contribution in [3.8, 4) is 0 Å². The summed E-state index contributed by atoms with van der Waals surface area (Å²) in [5.41, 5.74) is 2.13. The number of morpholine rings is 1. The van der Waals surface area contributed by atoms with E-state index in [1.165, 1.54) is 32.2 Å². The van der Waals surface area contributed by atoms with Crippen LogP contribution in [0.25, 0.3) is 0 Å². The van der Waals surface area contributed by atoms with Crippen molar-refractivity contribution in [3.63, 3.8) is 0 Å². The van der Waals surface area contributed by atoms with Gasteiger partial charge in [0.15, 0.2) is 0 Å². The second-order valence-electron chi connectivity index (χ2n) is 6.59. The number of rotatable bonds is 8. The molecule has 0 atom stereocenters. The van der Waals surface area contributed by atoms with E-state index in [1.54, 1.807) is 6.07 Å². The van der Waals surface area contributed by atoms with Crippen LogP contribution in [0.2, 0.25) is 0 Å². The van der Waals surface area contributed by atoms with Crippen LogP contribution in [0.4, 0.5) is 0 Å². The average molecular weight is 330 g/mol. The van der Waals surface area contributed by atoms with E-state index < -0.39 is 0 Å². The van der Waals surface area contributed by atoms with Gasteiger partial charge >= 0.3 is 0 Å². The molecule has 0 saturated carbocycles. The molecule has 0 radical (unpaired) electrons. The first-order chi connectivity index (χ1) is 11.8. The largest absolute Gasteiger partial charge is 0.379 e. The van der Waals surface area contributed by atoms with Crippen LogP contribution in [0.3, 0.4) is 0 Å². The van der Waals surface area contributed by atoms with E-state index in [9.17, 15) is 9.59 Å². The van der Waals surface area contributed by atoms with E-state index in [2.05, 4.69) is 10.2 Å². The lowest BCUT2D eigenvalue weighted by Gasteiger charge is -2.26. The number of hydrogen-bond acceptors (Lipinski definition) is 4. The van der Waals surface area contributed by atoms with Gasteiger partial charge in [-0.2, -0.15) is 0 Å². The Morgan fingerprint density at radius 1 is 0.958 bits per heavy atom. The number of benzene rings is 1. The predicted octanol–water partition coefficient (Wildman–Crippen LogP) is 2.40. The zero-order valence-corrected chi connectivity index (χ0v) is 14.2. The fourth-order valence-corrected chi connectivity index (χ4v) is 3.50. The summed E-state index contributed by atoms with van der Waals surface area (Å²) < 4.78 is 5.36. The highest BCUT2D eigenvalue weighted by Crippen LogP contribution is 2.22. The molecular weight excluding hydrogens is 304 g/mol. The molecule has 130 valence electrons. The maximum Gasteiger partial charge on any atom is 0.259 e. The zero-order chi connectivity index (χ0) is 16.8. The van der Waals surface area contributed by atoms with Crippen molar-refractivity contribution < 1.29 is 14.3 Å². The molecule has 1 N–H and O–H groups in total. The Morgan fingerprint density at radius 2 is 1.71 bits per heavy atom. The minimum absolute atomic E-state index is 0.240. The number of amides is 2. The molecule has 2 aliphatic rings. The highest BCUT2D eigenvalue weighted by atomic mass is 16.5. The quantitative estimate of drug-likeness (QED) is 0.587. The Kier molecular flexibility index (Phi) is 5.99. The fourth-order valence-electron chi connectivity index (χ4n) is 3.50. The number of hydrogen-bond donors (Lipinski definition) is 1. The third-order valence-corrected chi connectivity index (χ3v) is 4.87. The Bertz CT molecular complexity index is 594. The first kappa shape index (κ1) is 17.1. The van der Waals surface area contributed by atoms with Crippen LogP contribution in [0, 0.1) is 0 Å². The zero-order valence-electron chi connectivity index (χ0n) is 14.2. The number of ether oxygens (including phenoxy) is 1. The van der Waals surface area contributed by atoms with Crippen molar-refractivity contribution in [1.29, 1.82) is 0 Å². The number of carbonyl (C=O) groups excluding carboxylic acids is 2. The minimum Gasteiger partial charge on any atom is -0.379 e. The van der Waals surface area contributed by atoms with Gasteiger partial charge in [-0.25, -0.2) is 0 Å². The van der Waals surface area contributed by atoms with E-state index in [0.717, 1.165) is 44.7 Å². The third kappa shape index (κ3) is 4.22.